The van der Waals surface area contributed by atoms with Gasteiger partial charge >= 0.3 is 5.97 Å². The second-order valence-electron chi connectivity index (χ2n) is 8.09. The number of carboxylic acid groups (broad SMARTS) is 1. The van der Waals surface area contributed by atoms with E-state index in [1.165, 1.54) is 0 Å². The van der Waals surface area contributed by atoms with Gasteiger partial charge in [-0.25, -0.2) is 4.39 Å². The van der Waals surface area contributed by atoms with Crippen molar-refractivity contribution in [2.75, 3.05) is 18.4 Å². The normalized spacial score (nSPS) is 15.5. The van der Waals surface area contributed by atoms with Gasteiger partial charge in [-0.1, -0.05) is 41.9 Å². The number of benzene rings is 3. The van der Waals surface area contributed by atoms with E-state index in [0.717, 1.165) is 19.4 Å². The van der Waals surface area contributed by atoms with Crippen LogP contribution in [0, 0.1) is 5.82 Å². The topological polar surface area (TPSA) is 87.7 Å². The summed E-state index contributed by atoms with van der Waals surface area (Å²) in [5, 5.41) is 15.3. The number of amides is 1. The largest absolute Gasteiger partial charge is 0.484 e. The van der Waals surface area contributed by atoms with E-state index in [2.05, 4.69) is 10.6 Å². The number of hydrogen-bond donors (Lipinski definition) is 3. The lowest BCUT2D eigenvalue weighted by Gasteiger charge is -2.25. The molecule has 0 spiro atoms. The monoisotopic (exact) mass is 482 g/mol. The quantitative estimate of drug-likeness (QED) is 0.433. The fourth-order valence-electron chi connectivity index (χ4n) is 3.93. The third-order valence-electron chi connectivity index (χ3n) is 5.63. The molecule has 3 aromatic carbocycles. The Labute approximate surface area is 201 Å². The molecule has 0 aromatic heterocycles. The van der Waals surface area contributed by atoms with E-state index in [1.807, 2.05) is 0 Å². The van der Waals surface area contributed by atoms with E-state index >= 15 is 4.39 Å². The van der Waals surface area contributed by atoms with Crippen LogP contribution < -0.4 is 15.4 Å². The summed E-state index contributed by atoms with van der Waals surface area (Å²) < 4.78 is 21.3. The number of hydrogen-bond acceptors (Lipinski definition) is 4. The Kier molecular flexibility index (Phi) is 7.45. The van der Waals surface area contributed by atoms with Crippen molar-refractivity contribution in [1.82, 2.24) is 5.32 Å². The summed E-state index contributed by atoms with van der Waals surface area (Å²) in [4.78, 5) is 24.0. The molecule has 0 saturated carbocycles. The number of ether oxygens (including phenoxy) is 1. The van der Waals surface area contributed by atoms with Crippen molar-refractivity contribution >= 4 is 29.2 Å². The standard InChI is InChI=1S/C26H24ClFN2O4/c27-21-11-10-20(24(28)25(21)34-19-8-4-12-29-15-19)16-6-3-7-18(13-16)26(33)30-22-9-2-1-5-17(22)14-23(31)32/h1-3,5-7,9-11,13,19,29H,4,8,12,14-15H2,(H,30,33)(H,31,32)/t19-/m1/s1. The summed E-state index contributed by atoms with van der Waals surface area (Å²) in [7, 11) is 0. The third-order valence-corrected chi connectivity index (χ3v) is 5.93. The molecule has 1 saturated heterocycles. The number of para-hydroxylation sites is 1. The predicted octanol–water partition coefficient (Wildman–Crippen LogP) is 5.16. The zero-order valence-electron chi connectivity index (χ0n) is 18.3. The second kappa shape index (κ2) is 10.7. The molecular formula is C26H24ClFN2O4. The minimum atomic E-state index is -0.996. The van der Waals surface area contributed by atoms with Crippen LogP contribution in [-0.2, 0) is 11.2 Å². The van der Waals surface area contributed by atoms with Crippen LogP contribution in [0.15, 0.2) is 60.7 Å². The Morgan fingerprint density at radius 3 is 2.74 bits per heavy atom. The number of halogens is 2. The lowest BCUT2D eigenvalue weighted by atomic mass is 10.0. The number of carbonyl (C=O) groups excluding carboxylic acids is 1. The fraction of sp³-hybridized carbons (Fsp3) is 0.231. The molecule has 1 aliphatic heterocycles. The Balaban J connectivity index is 1.59. The molecule has 8 heteroatoms. The number of aliphatic carboxylic acids is 1. The van der Waals surface area contributed by atoms with E-state index in [-0.39, 0.29) is 28.9 Å². The van der Waals surface area contributed by atoms with E-state index in [4.69, 9.17) is 21.4 Å². The Morgan fingerprint density at radius 2 is 1.97 bits per heavy atom. The van der Waals surface area contributed by atoms with Crippen LogP contribution in [0.2, 0.25) is 5.02 Å². The summed E-state index contributed by atoms with van der Waals surface area (Å²) in [5.74, 6) is -2.00. The number of carbonyl (C=O) groups is 2. The van der Waals surface area contributed by atoms with Crippen LogP contribution in [0.25, 0.3) is 11.1 Å². The lowest BCUT2D eigenvalue weighted by molar-refractivity contribution is -0.136. The first-order valence-corrected chi connectivity index (χ1v) is 11.4. The molecule has 0 aliphatic carbocycles. The Morgan fingerprint density at radius 1 is 1.15 bits per heavy atom. The zero-order valence-corrected chi connectivity index (χ0v) is 19.1. The van der Waals surface area contributed by atoms with Crippen LogP contribution in [0.4, 0.5) is 10.1 Å². The maximum absolute atomic E-state index is 15.4. The highest BCUT2D eigenvalue weighted by Crippen LogP contribution is 2.36. The van der Waals surface area contributed by atoms with Crippen molar-refractivity contribution in [2.24, 2.45) is 0 Å². The van der Waals surface area contributed by atoms with E-state index in [9.17, 15) is 9.59 Å². The van der Waals surface area contributed by atoms with E-state index in [1.54, 1.807) is 60.7 Å². The van der Waals surface area contributed by atoms with Gasteiger partial charge in [-0.15, -0.1) is 0 Å². The van der Waals surface area contributed by atoms with Crippen LogP contribution in [-0.4, -0.2) is 36.2 Å². The van der Waals surface area contributed by atoms with Gasteiger partial charge in [0.25, 0.3) is 5.91 Å². The number of nitrogens with one attached hydrogen (secondary N) is 2. The maximum Gasteiger partial charge on any atom is 0.307 e. The summed E-state index contributed by atoms with van der Waals surface area (Å²) >= 11 is 6.24. The maximum atomic E-state index is 15.4. The number of rotatable bonds is 7. The Hall–Kier alpha value is -3.42. The number of anilines is 1. The van der Waals surface area contributed by atoms with Gasteiger partial charge < -0.3 is 20.5 Å². The molecule has 3 aromatic rings. The SMILES string of the molecule is O=C(O)Cc1ccccc1NC(=O)c1cccc(-c2ccc(Cl)c(O[C@@H]3CCCNC3)c2F)c1. The summed E-state index contributed by atoms with van der Waals surface area (Å²) in [6, 6.07) is 16.4. The highest BCUT2D eigenvalue weighted by molar-refractivity contribution is 6.32. The minimum Gasteiger partial charge on any atom is -0.484 e. The molecule has 3 N–H and O–H groups in total. The van der Waals surface area contributed by atoms with Crippen molar-refractivity contribution in [3.05, 3.63) is 82.6 Å². The van der Waals surface area contributed by atoms with Gasteiger partial charge in [0.15, 0.2) is 11.6 Å². The minimum absolute atomic E-state index is 0.00493. The van der Waals surface area contributed by atoms with Crippen molar-refractivity contribution in [2.45, 2.75) is 25.4 Å². The van der Waals surface area contributed by atoms with Crippen LogP contribution in [0.5, 0.6) is 5.75 Å². The van der Waals surface area contributed by atoms with Gasteiger partial charge in [-0.3, -0.25) is 9.59 Å². The second-order valence-corrected chi connectivity index (χ2v) is 8.49. The molecule has 34 heavy (non-hydrogen) atoms. The highest BCUT2D eigenvalue weighted by Gasteiger charge is 2.21. The molecule has 1 heterocycles. The highest BCUT2D eigenvalue weighted by atomic mass is 35.5. The lowest BCUT2D eigenvalue weighted by Crippen LogP contribution is -2.37. The molecule has 6 nitrogen and oxygen atoms in total. The summed E-state index contributed by atoms with van der Waals surface area (Å²) in [5.41, 5.74) is 1.96. The van der Waals surface area contributed by atoms with Crippen LogP contribution in [0.1, 0.15) is 28.8 Å². The van der Waals surface area contributed by atoms with Crippen molar-refractivity contribution < 1.29 is 23.8 Å². The molecule has 1 atom stereocenters. The molecule has 0 unspecified atom stereocenters. The third kappa shape index (κ3) is 5.55. The fourth-order valence-corrected chi connectivity index (χ4v) is 4.12. The number of carboxylic acids is 1. The van der Waals surface area contributed by atoms with Crippen molar-refractivity contribution in [3.63, 3.8) is 0 Å². The smallest absolute Gasteiger partial charge is 0.307 e. The van der Waals surface area contributed by atoms with Gasteiger partial charge in [0, 0.05) is 23.4 Å². The van der Waals surface area contributed by atoms with Crippen molar-refractivity contribution in [1.29, 1.82) is 0 Å². The van der Waals surface area contributed by atoms with Gasteiger partial charge in [0.2, 0.25) is 0 Å². The number of piperidine rings is 1. The average molecular weight is 483 g/mol. The van der Waals surface area contributed by atoms with Crippen LogP contribution in [0.3, 0.4) is 0 Å². The van der Waals surface area contributed by atoms with Crippen molar-refractivity contribution in [3.8, 4) is 16.9 Å². The molecule has 1 fully saturated rings. The van der Waals surface area contributed by atoms with E-state index in [0.29, 0.717) is 28.9 Å². The van der Waals surface area contributed by atoms with Gasteiger partial charge in [-0.2, -0.15) is 0 Å². The molecule has 0 radical (unpaired) electrons. The predicted molar refractivity (Wildman–Crippen MR) is 129 cm³/mol. The first-order valence-electron chi connectivity index (χ1n) is 11.0. The zero-order chi connectivity index (χ0) is 24.1. The molecule has 1 amide bonds. The van der Waals surface area contributed by atoms with Gasteiger partial charge in [0.1, 0.15) is 6.10 Å². The average Bonchev–Trinajstić information content (AvgIpc) is 2.83. The molecule has 176 valence electrons. The molecule has 1 aliphatic rings. The van der Waals surface area contributed by atoms with E-state index < -0.39 is 17.7 Å². The first-order chi connectivity index (χ1) is 16.4. The molecule has 4 rings (SSSR count). The Bertz CT molecular complexity index is 1210. The van der Waals surface area contributed by atoms with Gasteiger partial charge in [-0.05, 0) is 60.8 Å². The first kappa shape index (κ1) is 23.7. The molecular weight excluding hydrogens is 459 g/mol. The summed E-state index contributed by atoms with van der Waals surface area (Å²) in [6.45, 7) is 1.53. The van der Waals surface area contributed by atoms with Crippen LogP contribution >= 0.6 is 11.6 Å². The summed E-state index contributed by atoms with van der Waals surface area (Å²) in [6.07, 6.45) is 1.37. The molecule has 0 bridgehead atoms. The van der Waals surface area contributed by atoms with Gasteiger partial charge in [0.05, 0.1) is 11.4 Å².